The number of hydrogen-bond donors (Lipinski definition) is 1. The minimum absolute atomic E-state index is 0.167. The average molecular weight is 146 g/mol. The van der Waals surface area contributed by atoms with Crippen molar-refractivity contribution in [3.63, 3.8) is 0 Å². The Labute approximate surface area is 60.9 Å². The Morgan fingerprint density at radius 3 is 2.20 bits per heavy atom. The third-order valence-electron chi connectivity index (χ3n) is 1.81. The molecule has 0 aliphatic carbocycles. The van der Waals surface area contributed by atoms with Gasteiger partial charge in [-0.1, -0.05) is 13.8 Å². The zero-order chi connectivity index (χ0) is 7.56. The van der Waals surface area contributed by atoms with E-state index in [2.05, 4.69) is 9.78 Å². The first-order valence-electron chi connectivity index (χ1n) is 3.64. The highest BCUT2D eigenvalue weighted by Crippen LogP contribution is 2.18. The van der Waals surface area contributed by atoms with Crippen molar-refractivity contribution in [2.45, 2.75) is 20.0 Å². The van der Waals surface area contributed by atoms with Crippen LogP contribution in [0, 0.1) is 11.8 Å². The molecule has 1 saturated heterocycles. The SMILES string of the molecule is CC(C)C(O)C1COOC1. The van der Waals surface area contributed by atoms with E-state index in [0.29, 0.717) is 13.2 Å². The third-order valence-corrected chi connectivity index (χ3v) is 1.81. The summed E-state index contributed by atoms with van der Waals surface area (Å²) in [7, 11) is 0. The van der Waals surface area contributed by atoms with E-state index >= 15 is 0 Å². The van der Waals surface area contributed by atoms with Crippen molar-refractivity contribution < 1.29 is 14.9 Å². The lowest BCUT2D eigenvalue weighted by Crippen LogP contribution is -2.27. The molecule has 1 aliphatic heterocycles. The Kier molecular flexibility index (Phi) is 2.65. The van der Waals surface area contributed by atoms with Gasteiger partial charge in [0, 0.05) is 5.92 Å². The summed E-state index contributed by atoms with van der Waals surface area (Å²) in [4.78, 5) is 9.34. The molecule has 0 aromatic heterocycles. The predicted molar refractivity (Wildman–Crippen MR) is 36.2 cm³/mol. The molecule has 3 nitrogen and oxygen atoms in total. The van der Waals surface area contributed by atoms with Crippen LogP contribution in [0.5, 0.6) is 0 Å². The lowest BCUT2D eigenvalue weighted by Gasteiger charge is -2.17. The molecule has 0 radical (unpaired) electrons. The van der Waals surface area contributed by atoms with Crippen LogP contribution in [0.2, 0.25) is 0 Å². The van der Waals surface area contributed by atoms with Gasteiger partial charge in [-0.05, 0) is 5.92 Å². The van der Waals surface area contributed by atoms with E-state index in [4.69, 9.17) is 0 Å². The summed E-state index contributed by atoms with van der Waals surface area (Å²) in [5.41, 5.74) is 0. The van der Waals surface area contributed by atoms with E-state index in [-0.39, 0.29) is 17.9 Å². The van der Waals surface area contributed by atoms with E-state index < -0.39 is 0 Å². The van der Waals surface area contributed by atoms with Crippen LogP contribution in [-0.2, 0) is 9.78 Å². The topological polar surface area (TPSA) is 38.7 Å². The first kappa shape index (κ1) is 7.98. The van der Waals surface area contributed by atoms with Crippen molar-refractivity contribution in [2.24, 2.45) is 11.8 Å². The molecule has 0 spiro atoms. The summed E-state index contributed by atoms with van der Waals surface area (Å²) >= 11 is 0. The smallest absolute Gasteiger partial charge is 0.0898 e. The van der Waals surface area contributed by atoms with Gasteiger partial charge in [0.2, 0.25) is 0 Å². The summed E-state index contributed by atoms with van der Waals surface area (Å²) in [5.74, 6) is 0.454. The van der Waals surface area contributed by atoms with Crippen molar-refractivity contribution >= 4 is 0 Å². The highest BCUT2D eigenvalue weighted by atomic mass is 17.2. The molecule has 0 aromatic rings. The third kappa shape index (κ3) is 1.68. The highest BCUT2D eigenvalue weighted by molar-refractivity contribution is 4.71. The van der Waals surface area contributed by atoms with Crippen LogP contribution < -0.4 is 0 Å². The van der Waals surface area contributed by atoms with Crippen LogP contribution in [0.4, 0.5) is 0 Å². The monoisotopic (exact) mass is 146 g/mol. The standard InChI is InChI=1S/C7H14O3/c1-5(2)7(8)6-3-9-10-4-6/h5-8H,3-4H2,1-2H3. The van der Waals surface area contributed by atoms with Crippen LogP contribution >= 0.6 is 0 Å². The minimum Gasteiger partial charge on any atom is -0.392 e. The maximum atomic E-state index is 9.47. The van der Waals surface area contributed by atoms with E-state index in [1.165, 1.54) is 0 Å². The van der Waals surface area contributed by atoms with E-state index in [9.17, 15) is 5.11 Å². The Bertz CT molecular complexity index is 97.0. The molecule has 0 saturated carbocycles. The maximum absolute atomic E-state index is 9.47. The van der Waals surface area contributed by atoms with Gasteiger partial charge in [-0.3, -0.25) is 0 Å². The molecule has 1 unspecified atom stereocenters. The molecule has 1 aliphatic rings. The fourth-order valence-electron chi connectivity index (χ4n) is 1.06. The zero-order valence-electron chi connectivity index (χ0n) is 6.41. The fourth-order valence-corrected chi connectivity index (χ4v) is 1.06. The largest absolute Gasteiger partial charge is 0.392 e. The van der Waals surface area contributed by atoms with E-state index in [1.807, 2.05) is 13.8 Å². The lowest BCUT2D eigenvalue weighted by molar-refractivity contribution is -0.248. The van der Waals surface area contributed by atoms with Gasteiger partial charge in [0.05, 0.1) is 19.3 Å². The van der Waals surface area contributed by atoms with Crippen LogP contribution in [0.25, 0.3) is 0 Å². The van der Waals surface area contributed by atoms with E-state index in [0.717, 1.165) is 0 Å². The highest BCUT2D eigenvalue weighted by Gasteiger charge is 2.27. The summed E-state index contributed by atoms with van der Waals surface area (Å²) in [5, 5.41) is 9.47. The Morgan fingerprint density at radius 1 is 1.30 bits per heavy atom. The summed E-state index contributed by atoms with van der Waals surface area (Å²) in [6, 6.07) is 0. The van der Waals surface area contributed by atoms with Crippen LogP contribution in [-0.4, -0.2) is 24.4 Å². The molecule has 1 fully saturated rings. The Morgan fingerprint density at radius 2 is 1.80 bits per heavy atom. The second-order valence-corrected chi connectivity index (χ2v) is 3.06. The number of aliphatic hydroxyl groups excluding tert-OH is 1. The lowest BCUT2D eigenvalue weighted by atomic mass is 9.95. The summed E-state index contributed by atoms with van der Waals surface area (Å²) < 4.78 is 0. The van der Waals surface area contributed by atoms with Gasteiger partial charge >= 0.3 is 0 Å². The van der Waals surface area contributed by atoms with E-state index in [1.54, 1.807) is 0 Å². The van der Waals surface area contributed by atoms with Gasteiger partial charge in [0.15, 0.2) is 0 Å². The molecule has 3 heteroatoms. The molecular weight excluding hydrogens is 132 g/mol. The van der Waals surface area contributed by atoms with Crippen molar-refractivity contribution in [1.29, 1.82) is 0 Å². The Hall–Kier alpha value is -0.120. The second kappa shape index (κ2) is 3.32. The normalized spacial score (nSPS) is 24.0. The van der Waals surface area contributed by atoms with Crippen molar-refractivity contribution in [3.05, 3.63) is 0 Å². The fraction of sp³-hybridized carbons (Fsp3) is 1.00. The van der Waals surface area contributed by atoms with Gasteiger partial charge in [-0.2, -0.15) is 0 Å². The van der Waals surface area contributed by atoms with Gasteiger partial charge in [-0.25, -0.2) is 9.78 Å². The summed E-state index contributed by atoms with van der Waals surface area (Å²) in [6.45, 7) is 5.03. The molecule has 1 atom stereocenters. The summed E-state index contributed by atoms with van der Waals surface area (Å²) in [6.07, 6.45) is -0.289. The quantitative estimate of drug-likeness (QED) is 0.579. The number of aliphatic hydroxyl groups is 1. The number of rotatable bonds is 2. The van der Waals surface area contributed by atoms with Gasteiger partial charge < -0.3 is 5.11 Å². The minimum atomic E-state index is -0.289. The molecule has 0 aromatic carbocycles. The maximum Gasteiger partial charge on any atom is 0.0898 e. The van der Waals surface area contributed by atoms with Crippen molar-refractivity contribution in [2.75, 3.05) is 13.2 Å². The molecule has 0 bridgehead atoms. The molecule has 60 valence electrons. The molecular formula is C7H14O3. The van der Waals surface area contributed by atoms with Crippen molar-refractivity contribution in [3.8, 4) is 0 Å². The first-order chi connectivity index (χ1) is 4.72. The van der Waals surface area contributed by atoms with Crippen LogP contribution in [0.1, 0.15) is 13.8 Å². The van der Waals surface area contributed by atoms with Crippen LogP contribution in [0.3, 0.4) is 0 Å². The molecule has 1 N–H and O–H groups in total. The molecule has 1 rings (SSSR count). The average Bonchev–Trinajstić information content (AvgIpc) is 2.36. The molecule has 1 heterocycles. The number of hydrogen-bond acceptors (Lipinski definition) is 3. The van der Waals surface area contributed by atoms with Gasteiger partial charge in [0.25, 0.3) is 0 Å². The second-order valence-electron chi connectivity index (χ2n) is 3.06. The van der Waals surface area contributed by atoms with Gasteiger partial charge in [-0.15, -0.1) is 0 Å². The molecule has 0 amide bonds. The van der Waals surface area contributed by atoms with Crippen LogP contribution in [0.15, 0.2) is 0 Å². The van der Waals surface area contributed by atoms with Gasteiger partial charge in [0.1, 0.15) is 0 Å². The predicted octanol–water partition coefficient (Wildman–Crippen LogP) is 0.581. The van der Waals surface area contributed by atoms with Crippen molar-refractivity contribution in [1.82, 2.24) is 0 Å². The first-order valence-corrected chi connectivity index (χ1v) is 3.64. The zero-order valence-corrected chi connectivity index (χ0v) is 6.41. The molecule has 10 heavy (non-hydrogen) atoms. The Balaban J connectivity index is 2.32.